The molecule has 1 fully saturated rings. The third kappa shape index (κ3) is 6.28. The third-order valence-electron chi connectivity index (χ3n) is 10.9. The molecular weight excluding hydrogens is 676 g/mol. The molecule has 2 atom stereocenters. The number of esters is 3. The van der Waals surface area contributed by atoms with Crippen LogP contribution in [0.25, 0.3) is 30.4 Å². The van der Waals surface area contributed by atoms with Gasteiger partial charge < -0.3 is 39.6 Å². The van der Waals surface area contributed by atoms with Crippen LogP contribution in [0.3, 0.4) is 0 Å². The smallest absolute Gasteiger partial charge is 0.338 e. The highest BCUT2D eigenvalue weighted by Crippen LogP contribution is 2.55. The lowest BCUT2D eigenvalue weighted by Gasteiger charge is -2.35. The van der Waals surface area contributed by atoms with Gasteiger partial charge in [-0.1, -0.05) is 24.8 Å². The molecule has 6 rings (SSSR count). The number of ether oxygens (including phenoxy) is 3. The van der Waals surface area contributed by atoms with Crippen molar-refractivity contribution in [2.45, 2.75) is 53.4 Å². The molecule has 0 amide bonds. The van der Waals surface area contributed by atoms with Gasteiger partial charge in [0.2, 0.25) is 0 Å². The Morgan fingerprint density at radius 3 is 2.11 bits per heavy atom. The van der Waals surface area contributed by atoms with E-state index in [1.54, 1.807) is 12.2 Å². The number of carbonyl (C=O) groups excluding carboxylic acids is 3. The van der Waals surface area contributed by atoms with Crippen molar-refractivity contribution in [1.82, 2.24) is 20.3 Å². The summed E-state index contributed by atoms with van der Waals surface area (Å²) in [7, 11) is 3.90. The van der Waals surface area contributed by atoms with Gasteiger partial charge in [0, 0.05) is 69.2 Å². The van der Waals surface area contributed by atoms with Crippen molar-refractivity contribution in [3.8, 4) is 0 Å². The number of carboxylic acid groups (broad SMARTS) is 1. The van der Waals surface area contributed by atoms with E-state index in [1.807, 2.05) is 58.1 Å². The van der Waals surface area contributed by atoms with Crippen molar-refractivity contribution in [2.75, 3.05) is 21.3 Å². The van der Waals surface area contributed by atoms with Crippen LogP contribution < -0.4 is 16.0 Å². The Balaban J connectivity index is 1.72. The molecule has 5 N–H and O–H groups in total. The van der Waals surface area contributed by atoms with Crippen molar-refractivity contribution in [2.24, 2.45) is 11.3 Å². The molecule has 1 saturated heterocycles. The molecule has 12 nitrogen and oxygen atoms in total. The Hall–Kier alpha value is -6.04. The topological polar surface area (TPSA) is 176 Å². The molecule has 8 bridgehead atoms. The standard InChI is InChI=1S/C41H44N4O8/c1-9-23-20(2)29-17-34-27-13-10-26(39(49)52-7)38(40(50)53-8)41(27,5)35(45-34)19-30-22(4)25(12-15-37(48)51-6)33(44-30)18-32-24(11-14-36(46)47)21(3)28(43-32)16-31(23)42-29/h9-10,13,16-19,27,42-45H,1,11-12,14-15H2,2-8H3,(H,46,47)/t27?,41-/m1/s1. The molecular formula is C41H44N4O8. The van der Waals surface area contributed by atoms with Crippen LogP contribution in [0.15, 0.2) is 41.3 Å². The number of aromatic nitrogens is 3. The molecule has 1 aliphatic carbocycles. The van der Waals surface area contributed by atoms with E-state index in [9.17, 15) is 24.3 Å². The van der Waals surface area contributed by atoms with E-state index in [4.69, 9.17) is 14.2 Å². The van der Waals surface area contributed by atoms with Gasteiger partial charge in [-0.05, 0) is 92.7 Å². The van der Waals surface area contributed by atoms with Gasteiger partial charge in [0.25, 0.3) is 0 Å². The Morgan fingerprint density at radius 2 is 1.45 bits per heavy atom. The second kappa shape index (κ2) is 14.2. The fourth-order valence-corrected chi connectivity index (χ4v) is 7.86. The molecule has 1 unspecified atom stereocenters. The van der Waals surface area contributed by atoms with Gasteiger partial charge in [-0.25, -0.2) is 9.59 Å². The number of methoxy groups -OCH3 is 3. The molecule has 0 spiro atoms. The van der Waals surface area contributed by atoms with E-state index in [0.717, 1.165) is 66.9 Å². The molecule has 3 aromatic heterocycles. The molecule has 0 aromatic carbocycles. The number of hydrogen-bond donors (Lipinski definition) is 5. The monoisotopic (exact) mass is 720 g/mol. The Morgan fingerprint density at radius 1 is 0.792 bits per heavy atom. The lowest BCUT2D eigenvalue weighted by atomic mass is 9.66. The minimum atomic E-state index is -1.11. The first-order valence-electron chi connectivity index (χ1n) is 17.3. The van der Waals surface area contributed by atoms with Crippen LogP contribution >= 0.6 is 0 Å². The van der Waals surface area contributed by atoms with Crippen LogP contribution in [0.1, 0.15) is 75.9 Å². The Bertz CT molecular complexity index is 2340. The third-order valence-corrected chi connectivity index (χ3v) is 10.9. The maximum absolute atomic E-state index is 13.7. The number of rotatable bonds is 9. The average Bonchev–Trinajstić information content (AvgIpc) is 3.79. The first-order chi connectivity index (χ1) is 25.3. The maximum atomic E-state index is 13.7. The van der Waals surface area contributed by atoms with Crippen LogP contribution in [0, 0.1) is 32.1 Å². The Kier molecular flexibility index (Phi) is 9.83. The minimum absolute atomic E-state index is 0.0595. The minimum Gasteiger partial charge on any atom is -0.481 e. The number of allylic oxidation sites excluding steroid dienone is 2. The van der Waals surface area contributed by atoms with Crippen LogP contribution in [-0.4, -0.2) is 65.3 Å². The molecule has 0 radical (unpaired) electrons. The molecule has 53 heavy (non-hydrogen) atoms. The van der Waals surface area contributed by atoms with Gasteiger partial charge in [-0.15, -0.1) is 0 Å². The van der Waals surface area contributed by atoms with Crippen LogP contribution in [0.4, 0.5) is 0 Å². The molecule has 2 aliphatic heterocycles. The lowest BCUT2D eigenvalue weighted by Crippen LogP contribution is -2.35. The van der Waals surface area contributed by atoms with Crippen molar-refractivity contribution >= 4 is 54.3 Å². The molecule has 5 heterocycles. The summed E-state index contributed by atoms with van der Waals surface area (Å²) in [5.41, 5.74) is 8.92. The fourth-order valence-electron chi connectivity index (χ4n) is 7.86. The van der Waals surface area contributed by atoms with Crippen molar-refractivity contribution in [3.05, 3.63) is 108 Å². The summed E-state index contributed by atoms with van der Waals surface area (Å²) >= 11 is 0. The van der Waals surface area contributed by atoms with Gasteiger partial charge in [0.15, 0.2) is 0 Å². The second-order valence-corrected chi connectivity index (χ2v) is 13.7. The van der Waals surface area contributed by atoms with E-state index in [1.165, 1.54) is 21.3 Å². The molecule has 3 aliphatic rings. The summed E-state index contributed by atoms with van der Waals surface area (Å²) in [5, 5.41) is 14.8. The highest BCUT2D eigenvalue weighted by Gasteiger charge is 2.53. The van der Waals surface area contributed by atoms with E-state index >= 15 is 0 Å². The first-order valence-corrected chi connectivity index (χ1v) is 17.3. The number of aliphatic carboxylic acids is 1. The van der Waals surface area contributed by atoms with Gasteiger partial charge in [-0.2, -0.15) is 0 Å². The number of hydrogen-bond acceptors (Lipinski definition) is 8. The highest BCUT2D eigenvalue weighted by molar-refractivity contribution is 6.05. The van der Waals surface area contributed by atoms with E-state index < -0.39 is 29.2 Å². The molecule has 276 valence electrons. The molecule has 3 aromatic rings. The van der Waals surface area contributed by atoms with Gasteiger partial charge >= 0.3 is 23.9 Å². The largest absolute Gasteiger partial charge is 0.481 e. The van der Waals surface area contributed by atoms with Crippen LogP contribution in [0.2, 0.25) is 0 Å². The summed E-state index contributed by atoms with van der Waals surface area (Å²) in [4.78, 5) is 61.6. The van der Waals surface area contributed by atoms with Crippen molar-refractivity contribution in [1.29, 1.82) is 0 Å². The number of carboxylic acids is 1. The molecule has 0 saturated carbocycles. The second-order valence-electron chi connectivity index (χ2n) is 13.7. The SMILES string of the molecule is C=Cc1c2[nH]c(c1C)C=C1NC(=Cc3[nH]c(c(CCC(=O)OC)c3C)C=c3[nH]c(c(C)c3CCC(=O)O)=C2)[C@]2(C)C(C(=O)OC)=C(C(=O)OC)C=CC12. The maximum Gasteiger partial charge on any atom is 0.338 e. The van der Waals surface area contributed by atoms with Gasteiger partial charge in [-0.3, -0.25) is 9.59 Å². The predicted octanol–water partition coefficient (Wildman–Crippen LogP) is 4.15. The summed E-state index contributed by atoms with van der Waals surface area (Å²) in [6, 6.07) is 0. The predicted molar refractivity (Wildman–Crippen MR) is 200 cm³/mol. The zero-order valence-corrected chi connectivity index (χ0v) is 31.0. The van der Waals surface area contributed by atoms with E-state index in [2.05, 4.69) is 26.8 Å². The van der Waals surface area contributed by atoms with Gasteiger partial charge in [0.1, 0.15) is 0 Å². The summed E-state index contributed by atoms with van der Waals surface area (Å²) in [5.74, 6) is -3.00. The number of aromatic amines is 3. The zero-order valence-electron chi connectivity index (χ0n) is 31.0. The summed E-state index contributed by atoms with van der Waals surface area (Å²) < 4.78 is 15.4. The van der Waals surface area contributed by atoms with Crippen molar-refractivity contribution in [3.63, 3.8) is 0 Å². The van der Waals surface area contributed by atoms with Crippen molar-refractivity contribution < 1.29 is 38.5 Å². The van der Waals surface area contributed by atoms with E-state index in [-0.39, 0.29) is 30.0 Å². The fraction of sp³-hybridized carbons (Fsp3) is 0.317. The van der Waals surface area contributed by atoms with E-state index in [0.29, 0.717) is 24.2 Å². The number of H-pyrrole nitrogens is 3. The Labute approximate surface area is 306 Å². The first kappa shape index (κ1) is 36.7. The van der Waals surface area contributed by atoms with Crippen LogP contribution in [0.5, 0.6) is 0 Å². The number of carbonyl (C=O) groups is 4. The highest BCUT2D eigenvalue weighted by atomic mass is 16.5. The zero-order chi connectivity index (χ0) is 38.4. The quantitative estimate of drug-likeness (QED) is 0.161. The number of fused-ring (bicyclic) bond motifs is 11. The van der Waals surface area contributed by atoms with Crippen LogP contribution in [-0.2, 0) is 46.2 Å². The summed E-state index contributed by atoms with van der Waals surface area (Å²) in [6.07, 6.45) is 13.9. The average molecular weight is 721 g/mol. The lowest BCUT2D eigenvalue weighted by molar-refractivity contribution is -0.140. The normalized spacial score (nSPS) is 18.5. The molecule has 12 heteroatoms. The number of nitrogens with one attached hydrogen (secondary N) is 4. The van der Waals surface area contributed by atoms with Gasteiger partial charge in [0.05, 0.1) is 37.9 Å². The summed E-state index contributed by atoms with van der Waals surface area (Å²) in [6.45, 7) is 11.9.